The van der Waals surface area contributed by atoms with Crippen LogP contribution in [0.25, 0.3) is 0 Å². The van der Waals surface area contributed by atoms with E-state index in [4.69, 9.17) is 21.1 Å². The van der Waals surface area contributed by atoms with E-state index < -0.39 is 0 Å². The van der Waals surface area contributed by atoms with Crippen molar-refractivity contribution >= 4 is 17.3 Å². The monoisotopic (exact) mass is 275 g/mol. The fraction of sp³-hybridized carbons (Fsp3) is 0.200. The second-order valence-electron chi connectivity index (χ2n) is 4.52. The zero-order valence-corrected chi connectivity index (χ0v) is 11.3. The Labute approximate surface area is 117 Å². The number of anilines is 1. The summed E-state index contributed by atoms with van der Waals surface area (Å²) in [6, 6.07) is 11.9. The average Bonchev–Trinajstić information content (AvgIpc) is 2.85. The van der Waals surface area contributed by atoms with Crippen molar-refractivity contribution in [1.29, 1.82) is 0 Å². The van der Waals surface area contributed by atoms with Crippen molar-refractivity contribution in [2.75, 3.05) is 12.1 Å². The first-order valence-corrected chi connectivity index (χ1v) is 6.49. The predicted octanol–water partition coefficient (Wildman–Crippen LogP) is 3.99. The average molecular weight is 276 g/mol. The highest BCUT2D eigenvalue weighted by Gasteiger charge is 2.13. The van der Waals surface area contributed by atoms with Gasteiger partial charge in [-0.2, -0.15) is 0 Å². The highest BCUT2D eigenvalue weighted by atomic mass is 35.5. The van der Waals surface area contributed by atoms with Gasteiger partial charge in [0.25, 0.3) is 0 Å². The zero-order valence-electron chi connectivity index (χ0n) is 10.6. The van der Waals surface area contributed by atoms with Crippen molar-refractivity contribution < 1.29 is 9.47 Å². The minimum absolute atomic E-state index is 0.302. The zero-order chi connectivity index (χ0) is 13.2. The standard InChI is InChI=1S/C15H14ClNO2/c1-10-2-4-13(12(16)6-10)17-8-11-3-5-14-15(7-11)19-9-18-14/h2-7,17H,8-9H2,1H3. The molecule has 3 rings (SSSR count). The molecule has 0 aromatic heterocycles. The normalized spacial score (nSPS) is 12.5. The molecule has 0 fully saturated rings. The van der Waals surface area contributed by atoms with Gasteiger partial charge in [0.1, 0.15) is 0 Å². The lowest BCUT2D eigenvalue weighted by molar-refractivity contribution is 0.174. The molecule has 0 saturated carbocycles. The molecule has 1 aliphatic rings. The van der Waals surface area contributed by atoms with E-state index in [1.165, 1.54) is 0 Å². The molecule has 0 spiro atoms. The van der Waals surface area contributed by atoms with Gasteiger partial charge in [-0.3, -0.25) is 0 Å². The number of nitrogens with one attached hydrogen (secondary N) is 1. The molecule has 4 heteroatoms. The fourth-order valence-electron chi connectivity index (χ4n) is 2.01. The van der Waals surface area contributed by atoms with Gasteiger partial charge in [0.05, 0.1) is 10.7 Å². The lowest BCUT2D eigenvalue weighted by atomic mass is 10.2. The highest BCUT2D eigenvalue weighted by molar-refractivity contribution is 6.33. The maximum absolute atomic E-state index is 6.18. The fourth-order valence-corrected chi connectivity index (χ4v) is 2.31. The van der Waals surface area contributed by atoms with E-state index in [0.29, 0.717) is 13.3 Å². The van der Waals surface area contributed by atoms with Gasteiger partial charge in [-0.15, -0.1) is 0 Å². The topological polar surface area (TPSA) is 30.5 Å². The van der Waals surface area contributed by atoms with Gasteiger partial charge in [-0.25, -0.2) is 0 Å². The molecule has 98 valence electrons. The van der Waals surface area contributed by atoms with Crippen LogP contribution in [-0.4, -0.2) is 6.79 Å². The summed E-state index contributed by atoms with van der Waals surface area (Å²) in [6.45, 7) is 3.02. The molecule has 0 aliphatic carbocycles. The number of aryl methyl sites for hydroxylation is 1. The molecule has 0 unspecified atom stereocenters. The van der Waals surface area contributed by atoms with Gasteiger partial charge < -0.3 is 14.8 Å². The van der Waals surface area contributed by atoms with E-state index in [0.717, 1.165) is 33.3 Å². The minimum atomic E-state index is 0.302. The summed E-state index contributed by atoms with van der Waals surface area (Å²) >= 11 is 6.18. The Kier molecular flexibility index (Phi) is 3.22. The Morgan fingerprint density at radius 3 is 2.79 bits per heavy atom. The minimum Gasteiger partial charge on any atom is -0.454 e. The Morgan fingerprint density at radius 1 is 1.11 bits per heavy atom. The smallest absolute Gasteiger partial charge is 0.231 e. The summed E-state index contributed by atoms with van der Waals surface area (Å²) in [5.74, 6) is 1.60. The Hall–Kier alpha value is -1.87. The molecule has 1 N–H and O–H groups in total. The number of fused-ring (bicyclic) bond motifs is 1. The number of ether oxygens (including phenoxy) is 2. The van der Waals surface area contributed by atoms with Crippen LogP contribution in [0.4, 0.5) is 5.69 Å². The van der Waals surface area contributed by atoms with Gasteiger partial charge in [0.15, 0.2) is 11.5 Å². The van der Waals surface area contributed by atoms with Crippen LogP contribution in [0.15, 0.2) is 36.4 Å². The summed E-state index contributed by atoms with van der Waals surface area (Å²) in [6.07, 6.45) is 0. The molecule has 1 heterocycles. The van der Waals surface area contributed by atoms with E-state index in [1.807, 2.05) is 43.3 Å². The maximum atomic E-state index is 6.18. The first-order valence-electron chi connectivity index (χ1n) is 6.11. The molecule has 3 nitrogen and oxygen atoms in total. The molecule has 2 aromatic carbocycles. The van der Waals surface area contributed by atoms with Crippen LogP contribution in [0.2, 0.25) is 5.02 Å². The van der Waals surface area contributed by atoms with Gasteiger partial charge in [-0.05, 0) is 42.3 Å². The van der Waals surface area contributed by atoms with Crippen LogP contribution < -0.4 is 14.8 Å². The summed E-state index contributed by atoms with van der Waals surface area (Å²) in [5, 5.41) is 4.06. The van der Waals surface area contributed by atoms with E-state index in [-0.39, 0.29) is 0 Å². The van der Waals surface area contributed by atoms with Crippen LogP contribution in [-0.2, 0) is 6.54 Å². The van der Waals surface area contributed by atoms with Gasteiger partial charge >= 0.3 is 0 Å². The largest absolute Gasteiger partial charge is 0.454 e. The van der Waals surface area contributed by atoms with Crippen molar-refractivity contribution in [2.45, 2.75) is 13.5 Å². The molecular formula is C15H14ClNO2. The molecule has 0 saturated heterocycles. The first-order chi connectivity index (χ1) is 9.22. The van der Waals surface area contributed by atoms with Gasteiger partial charge in [0.2, 0.25) is 6.79 Å². The summed E-state index contributed by atoms with van der Waals surface area (Å²) in [7, 11) is 0. The number of hydrogen-bond donors (Lipinski definition) is 1. The number of rotatable bonds is 3. The lowest BCUT2D eigenvalue weighted by Crippen LogP contribution is -2.00. The first kappa shape index (κ1) is 12.2. The second kappa shape index (κ2) is 5.02. The van der Waals surface area contributed by atoms with Crippen LogP contribution in [0, 0.1) is 6.92 Å². The molecule has 0 bridgehead atoms. The van der Waals surface area contributed by atoms with Crippen LogP contribution in [0.5, 0.6) is 11.5 Å². The van der Waals surface area contributed by atoms with Crippen molar-refractivity contribution in [3.8, 4) is 11.5 Å². The number of hydrogen-bond acceptors (Lipinski definition) is 3. The van der Waals surface area contributed by atoms with Crippen molar-refractivity contribution in [2.24, 2.45) is 0 Å². The summed E-state index contributed by atoms with van der Waals surface area (Å²) < 4.78 is 10.6. The Bertz CT molecular complexity index is 613. The quantitative estimate of drug-likeness (QED) is 0.919. The van der Waals surface area contributed by atoms with Crippen molar-refractivity contribution in [3.63, 3.8) is 0 Å². The third-order valence-electron chi connectivity index (χ3n) is 3.04. The van der Waals surface area contributed by atoms with Crippen molar-refractivity contribution in [1.82, 2.24) is 0 Å². The van der Waals surface area contributed by atoms with Gasteiger partial charge in [-0.1, -0.05) is 23.7 Å². The predicted molar refractivity (Wildman–Crippen MR) is 76.1 cm³/mol. The van der Waals surface area contributed by atoms with E-state index in [1.54, 1.807) is 0 Å². The van der Waals surface area contributed by atoms with E-state index in [2.05, 4.69) is 5.32 Å². The Morgan fingerprint density at radius 2 is 1.95 bits per heavy atom. The third-order valence-corrected chi connectivity index (χ3v) is 3.36. The molecule has 19 heavy (non-hydrogen) atoms. The van der Waals surface area contributed by atoms with Crippen molar-refractivity contribution in [3.05, 3.63) is 52.5 Å². The van der Waals surface area contributed by atoms with Crippen LogP contribution >= 0.6 is 11.6 Å². The maximum Gasteiger partial charge on any atom is 0.231 e. The highest BCUT2D eigenvalue weighted by Crippen LogP contribution is 2.33. The summed E-state index contributed by atoms with van der Waals surface area (Å²) in [5.41, 5.74) is 3.21. The molecule has 0 amide bonds. The molecule has 0 atom stereocenters. The lowest BCUT2D eigenvalue weighted by Gasteiger charge is -2.09. The molecule has 0 radical (unpaired) electrons. The van der Waals surface area contributed by atoms with E-state index >= 15 is 0 Å². The third kappa shape index (κ3) is 2.61. The number of halogens is 1. The van der Waals surface area contributed by atoms with E-state index in [9.17, 15) is 0 Å². The molecule has 1 aliphatic heterocycles. The summed E-state index contributed by atoms with van der Waals surface area (Å²) in [4.78, 5) is 0. The second-order valence-corrected chi connectivity index (χ2v) is 4.93. The van der Waals surface area contributed by atoms with Gasteiger partial charge in [0, 0.05) is 6.54 Å². The Balaban J connectivity index is 1.72. The SMILES string of the molecule is Cc1ccc(NCc2ccc3c(c2)OCO3)c(Cl)c1. The molecular weight excluding hydrogens is 262 g/mol. The molecule has 2 aromatic rings. The number of benzene rings is 2. The van der Waals surface area contributed by atoms with Crippen LogP contribution in [0.1, 0.15) is 11.1 Å². The van der Waals surface area contributed by atoms with Crippen LogP contribution in [0.3, 0.4) is 0 Å².